The molecule has 0 bridgehead atoms. The molecule has 6 rings (SSSR count). The number of ether oxygens (including phenoxy) is 9. The van der Waals surface area contributed by atoms with Gasteiger partial charge in [-0.05, 0) is 173 Å². The molecule has 1 heterocycles. The molecule has 1 aromatic carbocycles. The maximum atomic E-state index is 13.8. The number of hydrogen-bond donors (Lipinski definition) is 0. The molecule has 442 valence electrons. The van der Waals surface area contributed by atoms with E-state index < -0.39 is 41.7 Å². The SMILES string of the molecule is C=CC(=O)OCCCCCCOC(=O)C1CCC(C(=O)OC2CCC(C(=O)Oc3ccc(OC(=O)C4CCC(OC(=O)C5CCC(C(=O)OCCCCCCOC(=O)C=C)CC5)CC4)c4c3SC(=C(C#N)C(=O)OCC)S4)CC2)CC1. The topological polar surface area (TPSA) is 260 Å². The minimum Gasteiger partial charge on any atom is -0.465 e. The van der Waals surface area contributed by atoms with Gasteiger partial charge in [-0.15, -0.1) is 0 Å². The van der Waals surface area contributed by atoms with Gasteiger partial charge in [0.05, 0.1) is 82.6 Å². The maximum Gasteiger partial charge on any atom is 0.350 e. The van der Waals surface area contributed by atoms with E-state index in [4.69, 9.17) is 42.6 Å². The third kappa shape index (κ3) is 20.1. The van der Waals surface area contributed by atoms with Crippen molar-refractivity contribution in [2.24, 2.45) is 35.5 Å². The van der Waals surface area contributed by atoms with Gasteiger partial charge in [0, 0.05) is 12.2 Å². The summed E-state index contributed by atoms with van der Waals surface area (Å²) in [6, 6.07) is 4.98. The quantitative estimate of drug-likeness (QED) is 0.0189. The Hall–Kier alpha value is -6.14. The van der Waals surface area contributed by atoms with Crippen molar-refractivity contribution < 1.29 is 85.8 Å². The van der Waals surface area contributed by atoms with Crippen molar-refractivity contribution in [1.29, 1.82) is 5.26 Å². The van der Waals surface area contributed by atoms with Crippen LogP contribution in [0, 0.1) is 46.8 Å². The van der Waals surface area contributed by atoms with Crippen molar-refractivity contribution in [3.05, 3.63) is 47.3 Å². The van der Waals surface area contributed by atoms with E-state index in [1.807, 2.05) is 6.07 Å². The zero-order chi connectivity index (χ0) is 58.1. The van der Waals surface area contributed by atoms with Crippen LogP contribution in [0.1, 0.15) is 161 Å². The fraction of sp³-hybridized carbons (Fsp3) is 0.633. The molecule has 0 saturated heterocycles. The van der Waals surface area contributed by atoms with Crippen LogP contribution >= 0.6 is 23.5 Å². The van der Waals surface area contributed by atoms with Gasteiger partial charge < -0.3 is 42.6 Å². The van der Waals surface area contributed by atoms with Crippen molar-refractivity contribution in [3.8, 4) is 17.6 Å². The Labute approximate surface area is 482 Å². The Morgan fingerprint density at radius 2 is 0.790 bits per heavy atom. The lowest BCUT2D eigenvalue weighted by atomic mass is 9.82. The van der Waals surface area contributed by atoms with E-state index in [-0.39, 0.29) is 87.7 Å². The number of fused-ring (bicyclic) bond motifs is 1. The van der Waals surface area contributed by atoms with E-state index >= 15 is 0 Å². The van der Waals surface area contributed by atoms with Gasteiger partial charge >= 0.3 is 53.7 Å². The van der Waals surface area contributed by atoms with Crippen molar-refractivity contribution >= 4 is 77.2 Å². The summed E-state index contributed by atoms with van der Waals surface area (Å²) in [6.45, 7) is 9.69. The highest BCUT2D eigenvalue weighted by atomic mass is 32.2. The van der Waals surface area contributed by atoms with Gasteiger partial charge in [-0.2, -0.15) is 5.26 Å². The molecular weight excluding hydrogens is 1090 g/mol. The predicted octanol–water partition coefficient (Wildman–Crippen LogP) is 10.5. The molecule has 1 aliphatic heterocycles. The van der Waals surface area contributed by atoms with Gasteiger partial charge in [0.15, 0.2) is 5.57 Å². The third-order valence-electron chi connectivity index (χ3n) is 15.4. The van der Waals surface area contributed by atoms with Crippen molar-refractivity contribution in [1.82, 2.24) is 0 Å². The van der Waals surface area contributed by atoms with E-state index in [0.29, 0.717) is 152 Å². The van der Waals surface area contributed by atoms with Gasteiger partial charge in [-0.3, -0.25) is 28.8 Å². The number of unbranched alkanes of at least 4 members (excludes halogenated alkanes) is 6. The molecule has 4 saturated carbocycles. The number of carbonyl (C=O) groups excluding carboxylic acids is 9. The molecule has 0 atom stereocenters. The standard InChI is InChI=1S/C60H77NO18S2/c1-4-49(62)72-33-11-7-9-13-35-74-53(64)38-15-19-40(20-16-38)55(66)76-44-27-23-42(24-28-44)57(68)78-47-31-32-48(52-51(47)80-60(81-52)46(37-61)59(70)71-6-3)79-58(69)43-25-29-45(30-26-43)77-56(67)41-21-17-39(18-22-41)54(65)75-36-14-10-8-12-34-73-50(63)5-2/h4-5,31-32,38-45H,1-2,6-30,33-36H2,3H3. The third-order valence-corrected chi connectivity index (χ3v) is 18.0. The van der Waals surface area contributed by atoms with Crippen LogP contribution in [0.2, 0.25) is 0 Å². The Morgan fingerprint density at radius 1 is 0.469 bits per heavy atom. The zero-order valence-corrected chi connectivity index (χ0v) is 48.1. The number of benzene rings is 1. The number of rotatable bonds is 28. The van der Waals surface area contributed by atoms with Gasteiger partial charge in [0.2, 0.25) is 0 Å². The Bertz CT molecular complexity index is 2320. The van der Waals surface area contributed by atoms with Crippen molar-refractivity contribution in [2.75, 3.05) is 33.0 Å². The monoisotopic (exact) mass is 1160 g/mol. The molecule has 81 heavy (non-hydrogen) atoms. The van der Waals surface area contributed by atoms with Crippen molar-refractivity contribution in [2.45, 2.75) is 183 Å². The number of nitriles is 1. The van der Waals surface area contributed by atoms with Crippen LogP contribution in [-0.2, 0) is 76.3 Å². The summed E-state index contributed by atoms with van der Waals surface area (Å²) in [5.41, 5.74) is -0.243. The van der Waals surface area contributed by atoms with Crippen LogP contribution < -0.4 is 9.47 Å². The van der Waals surface area contributed by atoms with Crippen LogP contribution in [0.4, 0.5) is 0 Å². The second-order valence-electron chi connectivity index (χ2n) is 21.1. The summed E-state index contributed by atoms with van der Waals surface area (Å²) in [4.78, 5) is 115. The minimum absolute atomic E-state index is 0.0412. The smallest absolute Gasteiger partial charge is 0.350 e. The number of hydrogen-bond acceptors (Lipinski definition) is 21. The van der Waals surface area contributed by atoms with Crippen LogP contribution in [0.15, 0.2) is 57.0 Å². The summed E-state index contributed by atoms with van der Waals surface area (Å²) in [7, 11) is 0. The Morgan fingerprint density at radius 3 is 1.12 bits per heavy atom. The summed E-state index contributed by atoms with van der Waals surface area (Å²) in [5, 5.41) is 10.0. The number of thioether (sulfide) groups is 2. The van der Waals surface area contributed by atoms with Gasteiger partial charge in [0.1, 0.15) is 29.8 Å². The van der Waals surface area contributed by atoms with E-state index in [1.165, 1.54) is 12.1 Å². The van der Waals surface area contributed by atoms with Crippen LogP contribution in [0.5, 0.6) is 11.5 Å². The second-order valence-corrected chi connectivity index (χ2v) is 23.4. The largest absolute Gasteiger partial charge is 0.465 e. The molecule has 0 N–H and O–H groups in total. The average Bonchev–Trinajstić information content (AvgIpc) is 4.19. The molecule has 0 amide bonds. The van der Waals surface area contributed by atoms with E-state index in [1.54, 1.807) is 6.92 Å². The summed E-state index contributed by atoms with van der Waals surface area (Å²) in [5.74, 6) is -5.64. The van der Waals surface area contributed by atoms with Gasteiger partial charge in [0.25, 0.3) is 0 Å². The second kappa shape index (κ2) is 33.7. The van der Waals surface area contributed by atoms with Gasteiger partial charge in [-0.25, -0.2) is 14.4 Å². The van der Waals surface area contributed by atoms with Gasteiger partial charge in [-0.1, -0.05) is 36.7 Å². The molecule has 1 aromatic rings. The molecule has 19 nitrogen and oxygen atoms in total. The first-order valence-electron chi connectivity index (χ1n) is 28.8. The molecule has 21 heteroatoms. The molecular formula is C60H77NO18S2. The highest BCUT2D eigenvalue weighted by Crippen LogP contribution is 2.59. The molecule has 0 aromatic heterocycles. The molecule has 4 fully saturated rings. The lowest BCUT2D eigenvalue weighted by Gasteiger charge is -2.30. The summed E-state index contributed by atoms with van der Waals surface area (Å²) in [6.07, 6.45) is 15.4. The fourth-order valence-electron chi connectivity index (χ4n) is 10.6. The van der Waals surface area contributed by atoms with E-state index in [0.717, 1.165) is 74.2 Å². The first-order valence-corrected chi connectivity index (χ1v) is 30.4. The molecule has 5 aliphatic rings. The number of esters is 9. The molecule has 0 unspecified atom stereocenters. The maximum absolute atomic E-state index is 13.8. The number of nitrogens with zero attached hydrogens (tertiary/aromatic N) is 1. The van der Waals surface area contributed by atoms with Crippen molar-refractivity contribution in [3.63, 3.8) is 0 Å². The Kier molecular flexibility index (Phi) is 26.6. The van der Waals surface area contributed by atoms with Crippen LogP contribution in [0.25, 0.3) is 0 Å². The molecule has 4 aliphatic carbocycles. The lowest BCUT2D eigenvalue weighted by molar-refractivity contribution is -0.161. The molecule has 0 spiro atoms. The first kappa shape index (κ1) is 64.0. The summed E-state index contributed by atoms with van der Waals surface area (Å²) >= 11 is 2.08. The number of carbonyl (C=O) groups is 9. The first-order chi connectivity index (χ1) is 39.2. The zero-order valence-electron chi connectivity index (χ0n) is 46.5. The van der Waals surface area contributed by atoms with Crippen LogP contribution in [-0.4, -0.2) is 99.0 Å². The molecule has 0 radical (unpaired) electrons. The normalized spacial score (nSPS) is 23.1. The Balaban J connectivity index is 0.919. The van der Waals surface area contributed by atoms with E-state index in [9.17, 15) is 48.4 Å². The highest BCUT2D eigenvalue weighted by Gasteiger charge is 2.39. The highest BCUT2D eigenvalue weighted by molar-refractivity contribution is 8.24. The predicted molar refractivity (Wildman–Crippen MR) is 294 cm³/mol. The van der Waals surface area contributed by atoms with E-state index in [2.05, 4.69) is 13.2 Å². The average molecular weight is 1160 g/mol. The fourth-order valence-corrected chi connectivity index (χ4v) is 13.2. The summed E-state index contributed by atoms with van der Waals surface area (Å²) < 4.78 is 50.2. The minimum atomic E-state index is -0.819. The lowest BCUT2D eigenvalue weighted by Crippen LogP contribution is -2.33. The van der Waals surface area contributed by atoms with Crippen LogP contribution in [0.3, 0.4) is 0 Å².